The summed E-state index contributed by atoms with van der Waals surface area (Å²) in [6.45, 7) is 5.56. The molecule has 0 atom stereocenters. The van der Waals surface area contributed by atoms with Gasteiger partial charge in [-0.15, -0.1) is 0 Å². The number of anilines is 2. The van der Waals surface area contributed by atoms with Gasteiger partial charge in [-0.3, -0.25) is 9.59 Å². The number of hydrogen-bond acceptors (Lipinski definition) is 2. The van der Waals surface area contributed by atoms with Crippen LogP contribution >= 0.6 is 0 Å². The smallest absolute Gasteiger partial charge is 0.229 e. The van der Waals surface area contributed by atoms with Crippen molar-refractivity contribution in [3.05, 3.63) is 24.3 Å². The Hall–Kier alpha value is -1.84. The third-order valence-electron chi connectivity index (χ3n) is 2.05. The summed E-state index contributed by atoms with van der Waals surface area (Å²) in [5.74, 6) is -0.0383. The van der Waals surface area contributed by atoms with E-state index < -0.39 is 5.41 Å². The number of carbonyl (C=O) groups excluding carboxylic acids is 2. The Bertz CT molecular complexity index is 377. The lowest BCUT2D eigenvalue weighted by atomic mass is 9.95. The topological polar surface area (TPSA) is 58.2 Å². The van der Waals surface area contributed by atoms with Crippen LogP contribution in [0.4, 0.5) is 11.4 Å². The minimum atomic E-state index is -0.417. The van der Waals surface area contributed by atoms with Crippen molar-refractivity contribution in [1.82, 2.24) is 0 Å². The Morgan fingerprint density at radius 2 is 1.62 bits per heavy atom. The fraction of sp³-hybridized carbons (Fsp3) is 0.333. The van der Waals surface area contributed by atoms with E-state index in [0.717, 1.165) is 5.69 Å². The van der Waals surface area contributed by atoms with Crippen molar-refractivity contribution in [2.24, 2.45) is 5.41 Å². The van der Waals surface area contributed by atoms with Crippen LogP contribution in [0.15, 0.2) is 24.3 Å². The van der Waals surface area contributed by atoms with Crippen LogP contribution in [0.1, 0.15) is 20.8 Å². The third-order valence-corrected chi connectivity index (χ3v) is 2.05. The molecule has 0 heterocycles. The fourth-order valence-corrected chi connectivity index (χ4v) is 1.04. The zero-order chi connectivity index (χ0) is 12.2. The van der Waals surface area contributed by atoms with Crippen molar-refractivity contribution < 1.29 is 9.59 Å². The number of benzene rings is 1. The molecule has 0 unspecified atom stereocenters. The normalized spacial score (nSPS) is 10.7. The van der Waals surface area contributed by atoms with Gasteiger partial charge in [-0.05, 0) is 24.3 Å². The molecule has 2 N–H and O–H groups in total. The highest BCUT2D eigenvalue weighted by Gasteiger charge is 2.20. The summed E-state index contributed by atoms with van der Waals surface area (Å²) in [7, 11) is 0. The Balaban J connectivity index is 2.69. The van der Waals surface area contributed by atoms with Crippen LogP contribution in [-0.4, -0.2) is 12.3 Å². The Morgan fingerprint density at radius 1 is 1.12 bits per heavy atom. The number of hydrogen-bond donors (Lipinski definition) is 2. The number of nitrogens with one attached hydrogen (secondary N) is 2. The van der Waals surface area contributed by atoms with Gasteiger partial charge in [0, 0.05) is 16.8 Å². The maximum Gasteiger partial charge on any atom is 0.229 e. The van der Waals surface area contributed by atoms with Crippen molar-refractivity contribution in [3.63, 3.8) is 0 Å². The molecule has 4 heteroatoms. The first-order valence-corrected chi connectivity index (χ1v) is 5.05. The van der Waals surface area contributed by atoms with Gasteiger partial charge in [0.25, 0.3) is 0 Å². The lowest BCUT2D eigenvalue weighted by Gasteiger charge is -2.17. The molecule has 16 heavy (non-hydrogen) atoms. The SMILES string of the molecule is CC(C)(C)C(=O)Nc1ccc(NC=O)cc1. The molecule has 0 aromatic heterocycles. The largest absolute Gasteiger partial charge is 0.329 e. The van der Waals surface area contributed by atoms with Gasteiger partial charge in [0.1, 0.15) is 0 Å². The van der Waals surface area contributed by atoms with Crippen LogP contribution in [-0.2, 0) is 9.59 Å². The average Bonchev–Trinajstić information content (AvgIpc) is 2.20. The van der Waals surface area contributed by atoms with Gasteiger partial charge >= 0.3 is 0 Å². The Morgan fingerprint density at radius 3 is 2.06 bits per heavy atom. The zero-order valence-corrected chi connectivity index (χ0v) is 9.70. The molecule has 2 amide bonds. The van der Waals surface area contributed by atoms with Gasteiger partial charge in [-0.25, -0.2) is 0 Å². The van der Waals surface area contributed by atoms with E-state index in [-0.39, 0.29) is 5.91 Å². The maximum absolute atomic E-state index is 11.7. The van der Waals surface area contributed by atoms with Crippen LogP contribution in [0, 0.1) is 5.41 Å². The Labute approximate surface area is 95.0 Å². The van der Waals surface area contributed by atoms with E-state index in [1.54, 1.807) is 24.3 Å². The third kappa shape index (κ3) is 3.38. The predicted octanol–water partition coefficient (Wildman–Crippen LogP) is 2.24. The first kappa shape index (κ1) is 12.2. The predicted molar refractivity (Wildman–Crippen MR) is 64.2 cm³/mol. The Kier molecular flexibility index (Phi) is 3.66. The molecule has 0 saturated carbocycles. The van der Waals surface area contributed by atoms with E-state index in [0.29, 0.717) is 12.1 Å². The molecule has 1 aromatic rings. The highest BCUT2D eigenvalue weighted by atomic mass is 16.2. The zero-order valence-electron chi connectivity index (χ0n) is 9.70. The molecule has 1 aromatic carbocycles. The molecule has 86 valence electrons. The second-order valence-corrected chi connectivity index (χ2v) is 4.54. The molecule has 0 fully saturated rings. The van der Waals surface area contributed by atoms with Crippen LogP contribution in [0.25, 0.3) is 0 Å². The lowest BCUT2D eigenvalue weighted by molar-refractivity contribution is -0.123. The molecule has 0 bridgehead atoms. The first-order valence-electron chi connectivity index (χ1n) is 5.05. The maximum atomic E-state index is 11.7. The van der Waals surface area contributed by atoms with E-state index >= 15 is 0 Å². The summed E-state index contributed by atoms with van der Waals surface area (Å²) in [6.07, 6.45) is 0.614. The molecule has 0 spiro atoms. The van der Waals surface area contributed by atoms with E-state index in [1.165, 1.54) is 0 Å². The van der Waals surface area contributed by atoms with Crippen molar-refractivity contribution >= 4 is 23.7 Å². The number of rotatable bonds is 3. The summed E-state index contributed by atoms with van der Waals surface area (Å²) in [5.41, 5.74) is 1.000. The molecule has 1 rings (SSSR count). The van der Waals surface area contributed by atoms with Gasteiger partial charge in [0.15, 0.2) is 0 Å². The molecular formula is C12H16N2O2. The summed E-state index contributed by atoms with van der Waals surface area (Å²) in [6, 6.07) is 6.95. The van der Waals surface area contributed by atoms with Crippen molar-refractivity contribution in [3.8, 4) is 0 Å². The lowest BCUT2D eigenvalue weighted by Crippen LogP contribution is -2.27. The van der Waals surface area contributed by atoms with Crippen molar-refractivity contribution in [1.29, 1.82) is 0 Å². The van der Waals surface area contributed by atoms with Crippen LogP contribution in [0.2, 0.25) is 0 Å². The molecular weight excluding hydrogens is 204 g/mol. The van der Waals surface area contributed by atoms with Crippen LogP contribution in [0.3, 0.4) is 0 Å². The van der Waals surface area contributed by atoms with E-state index in [2.05, 4.69) is 10.6 Å². The van der Waals surface area contributed by atoms with E-state index in [1.807, 2.05) is 20.8 Å². The summed E-state index contributed by atoms with van der Waals surface area (Å²) >= 11 is 0. The van der Waals surface area contributed by atoms with Gasteiger partial charge in [-0.1, -0.05) is 20.8 Å². The van der Waals surface area contributed by atoms with Crippen LogP contribution in [0.5, 0.6) is 0 Å². The average molecular weight is 220 g/mol. The van der Waals surface area contributed by atoms with Gasteiger partial charge in [-0.2, -0.15) is 0 Å². The second-order valence-electron chi connectivity index (χ2n) is 4.54. The number of carbonyl (C=O) groups is 2. The minimum absolute atomic E-state index is 0.0383. The van der Waals surface area contributed by atoms with Gasteiger partial charge in [0.05, 0.1) is 0 Å². The fourth-order valence-electron chi connectivity index (χ4n) is 1.04. The van der Waals surface area contributed by atoms with Crippen molar-refractivity contribution in [2.75, 3.05) is 10.6 Å². The number of amides is 2. The standard InChI is InChI=1S/C12H16N2O2/c1-12(2,3)11(16)14-10-6-4-9(5-7-10)13-8-15/h4-8H,1-3H3,(H,13,15)(H,14,16). The molecule has 0 aliphatic carbocycles. The van der Waals surface area contributed by atoms with Crippen molar-refractivity contribution in [2.45, 2.75) is 20.8 Å². The quantitative estimate of drug-likeness (QED) is 0.767. The monoisotopic (exact) mass is 220 g/mol. The first-order chi connectivity index (χ1) is 7.43. The van der Waals surface area contributed by atoms with Gasteiger partial charge < -0.3 is 10.6 Å². The van der Waals surface area contributed by atoms with Gasteiger partial charge in [0.2, 0.25) is 12.3 Å². The molecule has 0 aliphatic heterocycles. The summed E-state index contributed by atoms with van der Waals surface area (Å²) in [5, 5.41) is 5.32. The molecule has 0 aliphatic rings. The molecule has 4 nitrogen and oxygen atoms in total. The summed E-state index contributed by atoms with van der Waals surface area (Å²) in [4.78, 5) is 21.8. The molecule has 0 radical (unpaired) electrons. The van der Waals surface area contributed by atoms with E-state index in [9.17, 15) is 9.59 Å². The van der Waals surface area contributed by atoms with E-state index in [4.69, 9.17) is 0 Å². The highest BCUT2D eigenvalue weighted by molar-refractivity contribution is 5.94. The second kappa shape index (κ2) is 4.79. The molecule has 0 saturated heterocycles. The summed E-state index contributed by atoms with van der Waals surface area (Å²) < 4.78 is 0. The highest BCUT2D eigenvalue weighted by Crippen LogP contribution is 2.18. The minimum Gasteiger partial charge on any atom is -0.329 e. The van der Waals surface area contributed by atoms with Crippen LogP contribution < -0.4 is 10.6 Å².